The van der Waals surface area contributed by atoms with E-state index in [-0.39, 0.29) is 5.41 Å². The molecule has 0 aliphatic heterocycles. The summed E-state index contributed by atoms with van der Waals surface area (Å²) >= 11 is 0. The van der Waals surface area contributed by atoms with Gasteiger partial charge in [0.25, 0.3) is 0 Å². The first-order valence-electron chi connectivity index (χ1n) is 8.98. The normalized spacial score (nSPS) is 11.1. The smallest absolute Gasteiger partial charge is 0.136 e. The Labute approximate surface area is 160 Å². The van der Waals surface area contributed by atoms with E-state index in [0.717, 1.165) is 28.8 Å². The number of nitrogens with zero attached hydrogens (tertiary/aromatic N) is 2. The molecule has 140 valence electrons. The summed E-state index contributed by atoms with van der Waals surface area (Å²) < 4.78 is 5.19. The third-order valence-corrected chi connectivity index (χ3v) is 4.22. The minimum Gasteiger partial charge on any atom is -0.497 e. The van der Waals surface area contributed by atoms with Crippen molar-refractivity contribution in [2.45, 2.75) is 33.1 Å². The van der Waals surface area contributed by atoms with Crippen molar-refractivity contribution < 1.29 is 4.74 Å². The Morgan fingerprint density at radius 2 is 1.26 bits per heavy atom. The van der Waals surface area contributed by atoms with Crippen LogP contribution in [0.15, 0.2) is 54.6 Å². The highest BCUT2D eigenvalue weighted by atomic mass is 16.5. The molecule has 0 radical (unpaired) electrons. The molecule has 3 aromatic rings. The molecule has 0 aliphatic carbocycles. The van der Waals surface area contributed by atoms with Gasteiger partial charge in [-0.3, -0.25) is 0 Å². The van der Waals surface area contributed by atoms with Gasteiger partial charge in [0, 0.05) is 17.4 Å². The summed E-state index contributed by atoms with van der Waals surface area (Å²) in [6.07, 6.45) is 0. The maximum absolute atomic E-state index is 5.19. The molecule has 5 heteroatoms. The minimum absolute atomic E-state index is 0.138. The van der Waals surface area contributed by atoms with Crippen LogP contribution in [0.2, 0.25) is 0 Å². The molecule has 1 heterocycles. The molecule has 0 bridgehead atoms. The molecule has 0 atom stereocenters. The third-order valence-electron chi connectivity index (χ3n) is 4.22. The third kappa shape index (κ3) is 4.97. The van der Waals surface area contributed by atoms with E-state index in [9.17, 15) is 0 Å². The molecule has 0 saturated carbocycles. The van der Waals surface area contributed by atoms with Gasteiger partial charge in [0.15, 0.2) is 0 Å². The molecular weight excluding hydrogens is 336 g/mol. The van der Waals surface area contributed by atoms with Crippen LogP contribution in [0.25, 0.3) is 0 Å². The van der Waals surface area contributed by atoms with Crippen molar-refractivity contribution >= 4 is 23.0 Å². The Morgan fingerprint density at radius 1 is 0.778 bits per heavy atom. The molecule has 0 spiro atoms. The molecule has 2 aromatic carbocycles. The fourth-order valence-electron chi connectivity index (χ4n) is 2.72. The Balaban J connectivity index is 1.76. The van der Waals surface area contributed by atoms with Crippen molar-refractivity contribution in [3.63, 3.8) is 0 Å². The predicted molar refractivity (Wildman–Crippen MR) is 111 cm³/mol. The van der Waals surface area contributed by atoms with Gasteiger partial charge in [-0.05, 0) is 54.3 Å². The van der Waals surface area contributed by atoms with E-state index < -0.39 is 0 Å². The van der Waals surface area contributed by atoms with Crippen LogP contribution >= 0.6 is 0 Å². The maximum atomic E-state index is 5.19. The van der Waals surface area contributed by atoms with Gasteiger partial charge >= 0.3 is 0 Å². The number of hydrogen-bond acceptors (Lipinski definition) is 5. The standard InChI is InChI=1S/C22H26N4O/c1-15-23-20(25-17-8-6-16(7-9-17)22(2,3)4)14-21(24-15)26-18-10-12-19(27-5)13-11-18/h6-14H,1-5H3,(H2,23,24,25,26). The van der Waals surface area contributed by atoms with Crippen molar-refractivity contribution in [1.82, 2.24) is 9.97 Å². The summed E-state index contributed by atoms with van der Waals surface area (Å²) in [6, 6.07) is 18.1. The zero-order valence-corrected chi connectivity index (χ0v) is 16.5. The predicted octanol–water partition coefficient (Wildman–Crippen LogP) is 5.58. The summed E-state index contributed by atoms with van der Waals surface area (Å²) in [5, 5.41) is 6.66. The number of anilines is 4. The van der Waals surface area contributed by atoms with Crippen LogP contribution in [-0.4, -0.2) is 17.1 Å². The highest BCUT2D eigenvalue weighted by molar-refractivity contribution is 5.63. The molecular formula is C22H26N4O. The molecule has 0 saturated heterocycles. The van der Waals surface area contributed by atoms with E-state index >= 15 is 0 Å². The average molecular weight is 362 g/mol. The average Bonchev–Trinajstić information content (AvgIpc) is 2.61. The van der Waals surface area contributed by atoms with E-state index in [1.807, 2.05) is 37.3 Å². The molecule has 5 nitrogen and oxygen atoms in total. The zero-order valence-electron chi connectivity index (χ0n) is 16.5. The fourth-order valence-corrected chi connectivity index (χ4v) is 2.72. The van der Waals surface area contributed by atoms with Gasteiger partial charge in [-0.1, -0.05) is 32.9 Å². The number of ether oxygens (including phenoxy) is 1. The van der Waals surface area contributed by atoms with Gasteiger partial charge < -0.3 is 15.4 Å². The van der Waals surface area contributed by atoms with Crippen molar-refractivity contribution in [3.8, 4) is 5.75 Å². The SMILES string of the molecule is COc1ccc(Nc2cc(Nc3ccc(C(C)(C)C)cc3)nc(C)n2)cc1. The highest BCUT2D eigenvalue weighted by Crippen LogP contribution is 2.25. The lowest BCUT2D eigenvalue weighted by Crippen LogP contribution is -2.10. The number of benzene rings is 2. The topological polar surface area (TPSA) is 59.1 Å². The summed E-state index contributed by atoms with van der Waals surface area (Å²) in [6.45, 7) is 8.51. The van der Waals surface area contributed by atoms with E-state index in [0.29, 0.717) is 5.82 Å². The molecule has 2 N–H and O–H groups in total. The molecule has 27 heavy (non-hydrogen) atoms. The lowest BCUT2D eigenvalue weighted by atomic mass is 9.87. The molecule has 0 fully saturated rings. The summed E-state index contributed by atoms with van der Waals surface area (Å²) in [5.41, 5.74) is 3.37. The molecule has 0 aliphatic rings. The second kappa shape index (κ2) is 7.66. The quantitative estimate of drug-likeness (QED) is 0.620. The first-order valence-corrected chi connectivity index (χ1v) is 8.98. The zero-order chi connectivity index (χ0) is 19.4. The van der Waals surface area contributed by atoms with Gasteiger partial charge in [0.2, 0.25) is 0 Å². The van der Waals surface area contributed by atoms with E-state index in [2.05, 4.69) is 65.6 Å². The van der Waals surface area contributed by atoms with Crippen molar-refractivity contribution in [3.05, 3.63) is 66.0 Å². The Kier molecular flexibility index (Phi) is 5.31. The van der Waals surface area contributed by atoms with Crippen LogP contribution in [0, 0.1) is 6.92 Å². The van der Waals surface area contributed by atoms with E-state index in [4.69, 9.17) is 4.74 Å². The number of nitrogens with one attached hydrogen (secondary N) is 2. The van der Waals surface area contributed by atoms with Gasteiger partial charge in [-0.25, -0.2) is 9.97 Å². The number of aryl methyl sites for hydroxylation is 1. The summed E-state index contributed by atoms with van der Waals surface area (Å²) in [5.74, 6) is 3.01. The van der Waals surface area contributed by atoms with Crippen LogP contribution < -0.4 is 15.4 Å². The summed E-state index contributed by atoms with van der Waals surface area (Å²) in [4.78, 5) is 8.95. The molecule has 0 unspecified atom stereocenters. The first-order chi connectivity index (χ1) is 12.8. The van der Waals surface area contributed by atoms with Gasteiger partial charge in [0.05, 0.1) is 7.11 Å². The first kappa shape index (κ1) is 18.7. The molecule has 3 rings (SSSR count). The van der Waals surface area contributed by atoms with Crippen LogP contribution in [0.5, 0.6) is 5.75 Å². The van der Waals surface area contributed by atoms with Crippen LogP contribution in [0.1, 0.15) is 32.2 Å². The molecule has 0 amide bonds. The second-order valence-electron chi connectivity index (χ2n) is 7.49. The van der Waals surface area contributed by atoms with Gasteiger partial charge in [0.1, 0.15) is 23.2 Å². The van der Waals surface area contributed by atoms with Crippen molar-refractivity contribution in [2.75, 3.05) is 17.7 Å². The van der Waals surface area contributed by atoms with Crippen LogP contribution in [0.4, 0.5) is 23.0 Å². The number of rotatable bonds is 5. The van der Waals surface area contributed by atoms with Crippen molar-refractivity contribution in [2.24, 2.45) is 0 Å². The van der Waals surface area contributed by atoms with Crippen LogP contribution in [0.3, 0.4) is 0 Å². The van der Waals surface area contributed by atoms with E-state index in [1.54, 1.807) is 7.11 Å². The monoisotopic (exact) mass is 362 g/mol. The fraction of sp³-hybridized carbons (Fsp3) is 0.273. The van der Waals surface area contributed by atoms with Crippen LogP contribution in [-0.2, 0) is 5.41 Å². The largest absolute Gasteiger partial charge is 0.497 e. The Morgan fingerprint density at radius 3 is 1.70 bits per heavy atom. The van der Waals surface area contributed by atoms with Gasteiger partial charge in [-0.2, -0.15) is 0 Å². The minimum atomic E-state index is 0.138. The maximum Gasteiger partial charge on any atom is 0.136 e. The molecule has 1 aromatic heterocycles. The lowest BCUT2D eigenvalue weighted by molar-refractivity contribution is 0.415. The van der Waals surface area contributed by atoms with Gasteiger partial charge in [-0.15, -0.1) is 0 Å². The number of hydrogen-bond donors (Lipinski definition) is 2. The highest BCUT2D eigenvalue weighted by Gasteiger charge is 2.13. The number of methoxy groups -OCH3 is 1. The Bertz CT molecular complexity index is 897. The second-order valence-corrected chi connectivity index (χ2v) is 7.49. The Hall–Kier alpha value is -3.08. The van der Waals surface area contributed by atoms with E-state index in [1.165, 1.54) is 5.56 Å². The lowest BCUT2D eigenvalue weighted by Gasteiger charge is -2.19. The number of aromatic nitrogens is 2. The van der Waals surface area contributed by atoms with Crippen molar-refractivity contribution in [1.29, 1.82) is 0 Å². The summed E-state index contributed by atoms with van der Waals surface area (Å²) in [7, 11) is 1.65.